The first-order valence-electron chi connectivity index (χ1n) is 3.30. The van der Waals surface area contributed by atoms with E-state index in [-0.39, 0.29) is 31.1 Å². The molecule has 68 valence electrons. The molecule has 0 unspecified atom stereocenters. The average molecular weight is 402 g/mol. The van der Waals surface area contributed by atoms with E-state index in [1.54, 1.807) is 12.2 Å². The Kier molecular flexibility index (Phi) is 24.7. The maximum absolute atomic E-state index is 8.20. The van der Waals surface area contributed by atoms with Gasteiger partial charge in [-0.15, -0.1) is 0 Å². The average Bonchev–Trinajstić information content (AvgIpc) is 2.08. The Morgan fingerprint density at radius 2 is 1.85 bits per heavy atom. The minimum Gasteiger partial charge on any atom is -0.712 e. The van der Waals surface area contributed by atoms with Gasteiger partial charge in [-0.2, -0.15) is 0 Å². The van der Waals surface area contributed by atoms with E-state index in [1.165, 1.54) is 13.1 Å². The van der Waals surface area contributed by atoms with Crippen LogP contribution >= 0.6 is 0 Å². The van der Waals surface area contributed by atoms with Crippen molar-refractivity contribution < 1.29 is 31.1 Å². The van der Waals surface area contributed by atoms with Gasteiger partial charge in [0.15, 0.2) is 0 Å². The maximum Gasteiger partial charge on any atom is 2.00 e. The zero-order valence-electron chi connectivity index (χ0n) is 7.81. The van der Waals surface area contributed by atoms with Gasteiger partial charge in [-0.05, 0) is 19.1 Å². The molecular weight excluding hydrogens is 390 g/mol. The smallest absolute Gasteiger partial charge is 0.712 e. The van der Waals surface area contributed by atoms with E-state index in [4.69, 9.17) is 11.1 Å². The summed E-state index contributed by atoms with van der Waals surface area (Å²) in [6, 6.07) is 0. The quantitative estimate of drug-likeness (QED) is 0.514. The summed E-state index contributed by atoms with van der Waals surface area (Å²) in [6.45, 7) is 5.31. The Balaban J connectivity index is -0.000000220. The first-order chi connectivity index (χ1) is 5.76. The zero-order chi connectivity index (χ0) is 9.82. The third-order valence-corrected chi connectivity index (χ3v) is 0.784. The summed E-state index contributed by atoms with van der Waals surface area (Å²) in [7, 11) is 1.31. The summed E-state index contributed by atoms with van der Waals surface area (Å²) in [5, 5.41) is 5.44. The first-order valence-corrected chi connectivity index (χ1v) is 3.30. The number of nitrogens with zero attached hydrogens (tertiary/aromatic N) is 4. The van der Waals surface area contributed by atoms with Crippen LogP contribution < -0.4 is 0 Å². The van der Waals surface area contributed by atoms with Gasteiger partial charge < -0.3 is 21.3 Å². The third-order valence-electron chi connectivity index (χ3n) is 0.784. The van der Waals surface area contributed by atoms with Gasteiger partial charge in [0.05, 0.1) is 0 Å². The molecule has 0 aromatic carbocycles. The molecule has 0 bridgehead atoms. The maximum atomic E-state index is 8.20. The zero-order valence-corrected chi connectivity index (χ0v) is 12.0. The van der Waals surface area contributed by atoms with Crippen molar-refractivity contribution in [1.29, 1.82) is 0 Å². The van der Waals surface area contributed by atoms with Crippen LogP contribution in [0.25, 0.3) is 11.1 Å². The van der Waals surface area contributed by atoms with Crippen LogP contribution in [0.2, 0.25) is 0 Å². The molecule has 0 aromatic rings. The van der Waals surface area contributed by atoms with Crippen molar-refractivity contribution >= 4 is 0 Å². The summed E-state index contributed by atoms with van der Waals surface area (Å²) < 4.78 is 0. The third kappa shape index (κ3) is 18.4. The minimum absolute atomic E-state index is 0. The Labute approximate surface area is 103 Å². The molecule has 0 fully saturated rings. The van der Waals surface area contributed by atoms with Crippen LogP contribution in [0.3, 0.4) is 0 Å². The molecule has 0 rings (SSSR count). The minimum atomic E-state index is 0. The van der Waals surface area contributed by atoms with E-state index in [2.05, 4.69) is 16.8 Å². The van der Waals surface area contributed by atoms with Crippen LogP contribution in [0, 0.1) is 31.1 Å². The van der Waals surface area contributed by atoms with Gasteiger partial charge >= 0.3 is 31.1 Å². The van der Waals surface area contributed by atoms with Gasteiger partial charge in [0.25, 0.3) is 0 Å². The number of rotatable bonds is 3. The van der Waals surface area contributed by atoms with Gasteiger partial charge in [-0.3, -0.25) is 0 Å². The number of hydrogen-bond donors (Lipinski definition) is 0. The summed E-state index contributed by atoms with van der Waals surface area (Å²) in [5.74, 6) is 0. The fraction of sp³-hybridized carbons (Fsp3) is 0.250. The van der Waals surface area contributed by atoms with Crippen LogP contribution in [0.15, 0.2) is 46.8 Å². The van der Waals surface area contributed by atoms with Crippen LogP contribution in [0.4, 0.5) is 0 Å². The monoisotopic (exact) mass is 402 g/mol. The molecule has 0 aliphatic carbocycles. The Morgan fingerprint density at radius 3 is 2.08 bits per heavy atom. The fourth-order valence-electron chi connectivity index (χ4n) is 0.337. The fourth-order valence-corrected chi connectivity index (χ4v) is 0.337. The molecule has 5 heteroatoms. The second kappa shape index (κ2) is 17.5. The molecule has 0 N–H and O–H groups in total. The molecule has 0 aliphatic heterocycles. The Morgan fingerprint density at radius 1 is 1.38 bits per heavy atom. The van der Waals surface area contributed by atoms with Crippen molar-refractivity contribution in [3.63, 3.8) is 0 Å². The van der Waals surface area contributed by atoms with Crippen molar-refractivity contribution in [2.45, 2.75) is 6.92 Å². The van der Waals surface area contributed by atoms with Crippen LogP contribution in [0.5, 0.6) is 0 Å². The number of allylic oxidation sites excluding steroid dienone is 4. The molecule has 13 heavy (non-hydrogen) atoms. The molecule has 0 amide bonds. The predicted molar refractivity (Wildman–Crippen MR) is 50.6 cm³/mol. The molecule has 0 aliphatic rings. The molecule has 0 saturated carbocycles. The molecule has 0 atom stereocenters. The molecule has 0 heterocycles. The Hall–Kier alpha value is -0.528. The second-order valence-electron chi connectivity index (χ2n) is 1.62. The van der Waals surface area contributed by atoms with Gasteiger partial charge in [0.1, 0.15) is 0 Å². The second-order valence-corrected chi connectivity index (χ2v) is 1.62. The predicted octanol–water partition coefficient (Wildman–Crippen LogP) is 3.29. The van der Waals surface area contributed by atoms with Gasteiger partial charge in [-0.25, -0.2) is 0 Å². The van der Waals surface area contributed by atoms with E-state index < -0.39 is 0 Å². The van der Waals surface area contributed by atoms with Crippen molar-refractivity contribution in [1.82, 2.24) is 0 Å². The van der Waals surface area contributed by atoms with E-state index in [0.717, 1.165) is 0 Å². The van der Waals surface area contributed by atoms with Crippen LogP contribution in [0.1, 0.15) is 6.92 Å². The van der Waals surface area contributed by atoms with E-state index in [9.17, 15) is 0 Å². The van der Waals surface area contributed by atoms with Crippen molar-refractivity contribution in [2.75, 3.05) is 7.05 Å². The van der Waals surface area contributed by atoms with Crippen LogP contribution in [-0.2, 0) is 0 Å². The van der Waals surface area contributed by atoms with Crippen molar-refractivity contribution in [3.05, 3.63) is 47.6 Å². The van der Waals surface area contributed by atoms with Crippen molar-refractivity contribution in [3.8, 4) is 0 Å². The van der Waals surface area contributed by atoms with Gasteiger partial charge in [-0.1, -0.05) is 18.7 Å². The Bertz CT molecular complexity index is 186. The topological polar surface area (TPSA) is 69.3 Å². The summed E-state index contributed by atoms with van der Waals surface area (Å²) in [6.07, 6.45) is 6.75. The number of hydrogen-bond acceptors (Lipinski definition) is 2. The molecule has 0 spiro atoms. The SMILES string of the molecule is C=C/C(=C\C=C/C)N=[N-].CN=[N-].[U+2]. The summed E-state index contributed by atoms with van der Waals surface area (Å²) in [5.41, 5.74) is 15.9. The largest absolute Gasteiger partial charge is 2.00 e. The molecule has 0 saturated heterocycles. The van der Waals surface area contributed by atoms with Gasteiger partial charge in [0.2, 0.25) is 0 Å². The molecular formula is C8H12N4U. The molecule has 0 radical (unpaired) electrons. The van der Waals surface area contributed by atoms with Crippen LogP contribution in [-0.4, -0.2) is 7.05 Å². The van der Waals surface area contributed by atoms with Crippen molar-refractivity contribution in [2.24, 2.45) is 10.2 Å². The molecule has 0 aromatic heterocycles. The van der Waals surface area contributed by atoms with E-state index >= 15 is 0 Å². The first kappa shape index (κ1) is 18.3. The van der Waals surface area contributed by atoms with E-state index in [1.807, 2.05) is 13.0 Å². The summed E-state index contributed by atoms with van der Waals surface area (Å²) in [4.78, 5) is 0. The molecule has 4 nitrogen and oxygen atoms in total. The standard InChI is InChI=1S/C7H9N2.CH3N2.U/c1-3-5-6-7(4-2)9-8;1-3-2;/h3-6H,2H2,1H3;1H3;/q2*-1;+2/b5-3-,7-6+;;. The van der Waals surface area contributed by atoms with Gasteiger partial charge in [0, 0.05) is 12.7 Å². The van der Waals surface area contributed by atoms with E-state index in [0.29, 0.717) is 5.70 Å². The normalized spacial score (nSPS) is 9.23. The summed E-state index contributed by atoms with van der Waals surface area (Å²) >= 11 is 0.